The standard InChI is InChI=1S/C6H11N2O4P/c7-4-1-5(8)3-6(2-4)12-13(9,10)11/h1-3,9-11,13H,7-8H2. The van der Waals surface area contributed by atoms with Crippen LogP contribution in [0.4, 0.5) is 11.4 Å². The molecule has 0 atom stereocenters. The summed E-state index contributed by atoms with van der Waals surface area (Å²) in [4.78, 5) is 25.8. The molecule has 0 saturated carbocycles. The maximum atomic E-state index is 8.60. The van der Waals surface area contributed by atoms with Gasteiger partial charge in [-0.3, -0.25) is 0 Å². The molecule has 0 aliphatic rings. The van der Waals surface area contributed by atoms with Gasteiger partial charge in [0.2, 0.25) is 0 Å². The fourth-order valence-corrected chi connectivity index (χ4v) is 1.30. The van der Waals surface area contributed by atoms with Crippen molar-refractivity contribution in [2.45, 2.75) is 0 Å². The Hall–Kier alpha value is -1.07. The van der Waals surface area contributed by atoms with Crippen LogP contribution in [0, 0.1) is 0 Å². The molecule has 0 aliphatic heterocycles. The van der Waals surface area contributed by atoms with Crippen molar-refractivity contribution in [2.24, 2.45) is 0 Å². The molecule has 6 nitrogen and oxygen atoms in total. The molecule has 0 heterocycles. The first-order valence-corrected chi connectivity index (χ1v) is 5.14. The van der Waals surface area contributed by atoms with E-state index < -0.39 is 8.17 Å². The van der Waals surface area contributed by atoms with Gasteiger partial charge in [0.15, 0.2) is 0 Å². The molecule has 0 aliphatic carbocycles. The van der Waals surface area contributed by atoms with E-state index in [0.29, 0.717) is 11.4 Å². The van der Waals surface area contributed by atoms with Crippen molar-refractivity contribution < 1.29 is 19.2 Å². The van der Waals surface area contributed by atoms with E-state index in [2.05, 4.69) is 4.52 Å². The van der Waals surface area contributed by atoms with Gasteiger partial charge in [0.1, 0.15) is 0 Å². The summed E-state index contributed by atoms with van der Waals surface area (Å²) in [7, 11) is -4.56. The van der Waals surface area contributed by atoms with E-state index >= 15 is 0 Å². The molecule has 0 aromatic heterocycles. The van der Waals surface area contributed by atoms with Crippen molar-refractivity contribution in [1.82, 2.24) is 0 Å². The van der Waals surface area contributed by atoms with Crippen molar-refractivity contribution in [3.8, 4) is 5.75 Å². The zero-order valence-corrected chi connectivity index (χ0v) is 7.64. The zero-order valence-electron chi connectivity index (χ0n) is 6.64. The van der Waals surface area contributed by atoms with Crippen molar-refractivity contribution in [3.05, 3.63) is 18.2 Å². The van der Waals surface area contributed by atoms with E-state index in [4.69, 9.17) is 26.1 Å². The van der Waals surface area contributed by atoms with Gasteiger partial charge in [0, 0.05) is 0 Å². The molecule has 0 amide bonds. The monoisotopic (exact) mass is 206 g/mol. The zero-order chi connectivity index (χ0) is 10.1. The first-order valence-electron chi connectivity index (χ1n) is 3.39. The van der Waals surface area contributed by atoms with Crippen LogP contribution in [-0.2, 0) is 0 Å². The van der Waals surface area contributed by atoms with Gasteiger partial charge in [-0.05, 0) is 0 Å². The van der Waals surface area contributed by atoms with E-state index in [-0.39, 0.29) is 5.75 Å². The second-order valence-corrected chi connectivity index (χ2v) is 3.86. The summed E-state index contributed by atoms with van der Waals surface area (Å²) in [5.74, 6) is 0.0247. The van der Waals surface area contributed by atoms with Crippen LogP contribution in [0.1, 0.15) is 0 Å². The van der Waals surface area contributed by atoms with Crippen molar-refractivity contribution in [2.75, 3.05) is 11.5 Å². The number of anilines is 2. The fraction of sp³-hybridized carbons (Fsp3) is 0. The Labute approximate surface area is 75.0 Å². The predicted molar refractivity (Wildman–Crippen MR) is 50.9 cm³/mol. The second-order valence-electron chi connectivity index (χ2n) is 2.51. The third-order valence-electron chi connectivity index (χ3n) is 1.21. The van der Waals surface area contributed by atoms with Gasteiger partial charge >= 0.3 is 74.2 Å². The summed E-state index contributed by atoms with van der Waals surface area (Å²) >= 11 is 0. The van der Waals surface area contributed by atoms with Gasteiger partial charge in [-0.2, -0.15) is 0 Å². The molecule has 1 rings (SSSR count). The number of hydrogen-bond acceptors (Lipinski definition) is 6. The first kappa shape index (κ1) is 10.0. The average molecular weight is 206 g/mol. The van der Waals surface area contributed by atoms with Crippen LogP contribution in [0.15, 0.2) is 18.2 Å². The van der Waals surface area contributed by atoms with Crippen LogP contribution in [0.5, 0.6) is 5.75 Å². The van der Waals surface area contributed by atoms with Crippen molar-refractivity contribution >= 4 is 19.5 Å². The quantitative estimate of drug-likeness (QED) is 0.332. The number of benzene rings is 1. The van der Waals surface area contributed by atoms with Gasteiger partial charge in [-0.25, -0.2) is 0 Å². The van der Waals surface area contributed by atoms with Gasteiger partial charge in [0.25, 0.3) is 0 Å². The van der Waals surface area contributed by atoms with Crippen molar-refractivity contribution in [1.29, 1.82) is 0 Å². The van der Waals surface area contributed by atoms with Crippen LogP contribution in [0.2, 0.25) is 0 Å². The molecule has 1 aromatic rings. The molecular weight excluding hydrogens is 195 g/mol. The van der Waals surface area contributed by atoms with E-state index in [9.17, 15) is 0 Å². The molecular formula is C6H11N2O4P. The number of hydrogen-bond donors (Lipinski definition) is 5. The Balaban J connectivity index is 2.90. The Morgan fingerprint density at radius 2 is 1.46 bits per heavy atom. The summed E-state index contributed by atoms with van der Waals surface area (Å²) < 4.78 is 4.41. The Morgan fingerprint density at radius 1 is 1.00 bits per heavy atom. The molecule has 0 saturated heterocycles. The van der Waals surface area contributed by atoms with E-state index in [1.165, 1.54) is 18.2 Å². The summed E-state index contributed by atoms with van der Waals surface area (Å²) in [5, 5.41) is 0. The van der Waals surface area contributed by atoms with Gasteiger partial charge in [0.05, 0.1) is 0 Å². The van der Waals surface area contributed by atoms with Gasteiger partial charge < -0.3 is 0 Å². The molecule has 0 unspecified atom stereocenters. The average Bonchev–Trinajstić information content (AvgIpc) is 1.78. The Kier molecular flexibility index (Phi) is 2.58. The molecule has 74 valence electrons. The minimum absolute atomic E-state index is 0.0247. The van der Waals surface area contributed by atoms with Crippen LogP contribution in [-0.4, -0.2) is 14.7 Å². The van der Waals surface area contributed by atoms with Crippen LogP contribution in [0.25, 0.3) is 0 Å². The normalized spacial score (nSPS) is 12.5. The first-order chi connectivity index (χ1) is 5.87. The van der Waals surface area contributed by atoms with Crippen LogP contribution in [0.3, 0.4) is 0 Å². The molecule has 0 fully saturated rings. The summed E-state index contributed by atoms with van der Waals surface area (Å²) in [6.07, 6.45) is 0. The predicted octanol–water partition coefficient (Wildman–Crippen LogP) is -0.383. The van der Waals surface area contributed by atoms with Gasteiger partial charge in [-0.15, -0.1) is 0 Å². The molecule has 0 radical (unpaired) electrons. The molecule has 1 aromatic carbocycles. The second kappa shape index (κ2) is 3.35. The third kappa shape index (κ3) is 3.43. The summed E-state index contributed by atoms with van der Waals surface area (Å²) in [6, 6.07) is 4.11. The summed E-state index contributed by atoms with van der Waals surface area (Å²) in [5.41, 5.74) is 11.4. The molecule has 0 spiro atoms. The number of rotatable bonds is 2. The van der Waals surface area contributed by atoms with E-state index in [1.807, 2.05) is 0 Å². The minimum atomic E-state index is -4.56. The fourth-order valence-electron chi connectivity index (χ4n) is 0.863. The summed E-state index contributed by atoms with van der Waals surface area (Å²) in [6.45, 7) is 0. The Bertz CT molecular complexity index is 292. The van der Waals surface area contributed by atoms with Crippen LogP contribution >= 0.6 is 8.17 Å². The molecule has 13 heavy (non-hydrogen) atoms. The topological polar surface area (TPSA) is 122 Å². The maximum absolute atomic E-state index is 8.60. The molecule has 7 N–H and O–H groups in total. The van der Waals surface area contributed by atoms with Crippen molar-refractivity contribution in [3.63, 3.8) is 0 Å². The number of nitrogen functional groups attached to an aromatic ring is 2. The SMILES string of the molecule is Nc1cc(N)cc(O[PH](O)(O)O)c1. The van der Waals surface area contributed by atoms with Gasteiger partial charge in [-0.1, -0.05) is 0 Å². The van der Waals surface area contributed by atoms with E-state index in [0.717, 1.165) is 0 Å². The number of nitrogens with two attached hydrogens (primary N) is 2. The molecule has 0 bridgehead atoms. The third-order valence-corrected chi connectivity index (χ3v) is 1.72. The molecule has 7 heteroatoms. The van der Waals surface area contributed by atoms with Crippen LogP contribution < -0.4 is 16.0 Å². The van der Waals surface area contributed by atoms with E-state index in [1.54, 1.807) is 0 Å². The Morgan fingerprint density at radius 3 is 1.85 bits per heavy atom.